The fraction of sp³-hybridized carbons (Fsp3) is 0.333. The molecule has 1 N–H and O–H groups in total. The first-order chi connectivity index (χ1) is 11.7. The first kappa shape index (κ1) is 14.8. The highest BCUT2D eigenvalue weighted by Crippen LogP contribution is 2.26. The van der Waals surface area contributed by atoms with E-state index in [2.05, 4.69) is 19.9 Å². The van der Waals surface area contributed by atoms with Gasteiger partial charge in [0.2, 0.25) is 0 Å². The monoisotopic (exact) mass is 321 g/mol. The van der Waals surface area contributed by atoms with E-state index in [1.807, 2.05) is 36.2 Å². The number of benzene rings is 1. The Hall–Kier alpha value is -2.76. The van der Waals surface area contributed by atoms with E-state index in [9.17, 15) is 4.79 Å². The topological polar surface area (TPSA) is 74.8 Å². The van der Waals surface area contributed by atoms with Crippen LogP contribution in [0.4, 0.5) is 0 Å². The highest BCUT2D eigenvalue weighted by atomic mass is 16.2. The minimum Gasteiger partial charge on any atom is -0.345 e. The Bertz CT molecular complexity index is 888. The molecule has 2 aromatic heterocycles. The van der Waals surface area contributed by atoms with Crippen molar-refractivity contribution in [2.75, 3.05) is 13.1 Å². The van der Waals surface area contributed by atoms with Crippen LogP contribution in [0.25, 0.3) is 11.0 Å². The largest absolute Gasteiger partial charge is 0.345 e. The summed E-state index contributed by atoms with van der Waals surface area (Å²) in [6.07, 6.45) is 7.25. The number of likely N-dealkylation sites (tertiary alicyclic amines) is 1. The average Bonchev–Trinajstić information content (AvgIpc) is 3.09. The Morgan fingerprint density at radius 2 is 2.25 bits per heavy atom. The molecule has 3 aromatic rings. The first-order valence-electron chi connectivity index (χ1n) is 8.21. The molecule has 122 valence electrons. The van der Waals surface area contributed by atoms with Gasteiger partial charge in [-0.1, -0.05) is 0 Å². The van der Waals surface area contributed by atoms with Crippen molar-refractivity contribution in [3.8, 4) is 0 Å². The summed E-state index contributed by atoms with van der Waals surface area (Å²) in [6, 6.07) is 5.61. The van der Waals surface area contributed by atoms with Gasteiger partial charge in [-0.2, -0.15) is 0 Å². The molecule has 1 amide bonds. The van der Waals surface area contributed by atoms with Crippen molar-refractivity contribution in [3.63, 3.8) is 0 Å². The van der Waals surface area contributed by atoms with Crippen molar-refractivity contribution in [1.29, 1.82) is 0 Å². The number of amides is 1. The molecular formula is C18H19N5O. The van der Waals surface area contributed by atoms with Crippen LogP contribution < -0.4 is 0 Å². The maximum Gasteiger partial charge on any atom is 0.253 e. The van der Waals surface area contributed by atoms with E-state index < -0.39 is 0 Å². The summed E-state index contributed by atoms with van der Waals surface area (Å²) in [5.41, 5.74) is 4.36. The quantitative estimate of drug-likeness (QED) is 0.787. The Balaban J connectivity index is 1.55. The van der Waals surface area contributed by atoms with Crippen molar-refractivity contribution in [2.24, 2.45) is 0 Å². The Morgan fingerprint density at radius 1 is 1.33 bits per heavy atom. The number of H-pyrrole nitrogens is 1. The van der Waals surface area contributed by atoms with Crippen LogP contribution in [0.2, 0.25) is 0 Å². The van der Waals surface area contributed by atoms with Crippen molar-refractivity contribution in [2.45, 2.75) is 25.7 Å². The number of nitrogens with zero attached hydrogens (tertiary/aromatic N) is 4. The molecule has 1 fully saturated rings. The van der Waals surface area contributed by atoms with Gasteiger partial charge in [-0.05, 0) is 38.0 Å². The fourth-order valence-electron chi connectivity index (χ4n) is 3.33. The zero-order valence-electron chi connectivity index (χ0n) is 13.6. The third-order valence-electron chi connectivity index (χ3n) is 4.57. The second-order valence-electron chi connectivity index (χ2n) is 6.31. The molecule has 4 rings (SSSR count). The van der Waals surface area contributed by atoms with E-state index in [1.165, 1.54) is 0 Å². The summed E-state index contributed by atoms with van der Waals surface area (Å²) in [4.78, 5) is 30.9. The number of carbonyl (C=O) groups is 1. The second kappa shape index (κ2) is 6.03. The average molecular weight is 321 g/mol. The van der Waals surface area contributed by atoms with Crippen molar-refractivity contribution in [3.05, 3.63) is 53.9 Å². The van der Waals surface area contributed by atoms with Gasteiger partial charge in [0.1, 0.15) is 0 Å². The highest BCUT2D eigenvalue weighted by molar-refractivity contribution is 5.97. The smallest absolute Gasteiger partial charge is 0.253 e. The minimum atomic E-state index is 0.0665. The maximum absolute atomic E-state index is 12.9. The number of carbonyl (C=O) groups excluding carboxylic acids is 1. The van der Waals surface area contributed by atoms with E-state index >= 15 is 0 Å². The van der Waals surface area contributed by atoms with Gasteiger partial charge in [0.15, 0.2) is 0 Å². The third-order valence-corrected chi connectivity index (χ3v) is 4.57. The molecule has 6 heteroatoms. The summed E-state index contributed by atoms with van der Waals surface area (Å²) in [5, 5.41) is 0. The van der Waals surface area contributed by atoms with Gasteiger partial charge in [0.05, 0.1) is 28.7 Å². The van der Waals surface area contributed by atoms with Crippen LogP contribution in [0.1, 0.15) is 40.5 Å². The van der Waals surface area contributed by atoms with E-state index in [1.54, 1.807) is 12.5 Å². The zero-order chi connectivity index (χ0) is 16.5. The van der Waals surface area contributed by atoms with Gasteiger partial charge in [0, 0.05) is 37.0 Å². The molecule has 1 atom stereocenters. The summed E-state index contributed by atoms with van der Waals surface area (Å²) < 4.78 is 0. The normalized spacial score (nSPS) is 18.0. The number of rotatable bonds is 2. The molecule has 1 unspecified atom stereocenters. The van der Waals surface area contributed by atoms with Crippen LogP contribution >= 0.6 is 0 Å². The van der Waals surface area contributed by atoms with Crippen molar-refractivity contribution < 1.29 is 4.79 Å². The van der Waals surface area contributed by atoms with Gasteiger partial charge in [-0.25, -0.2) is 4.98 Å². The number of fused-ring (bicyclic) bond motifs is 1. The highest BCUT2D eigenvalue weighted by Gasteiger charge is 2.26. The summed E-state index contributed by atoms with van der Waals surface area (Å²) >= 11 is 0. The predicted molar refractivity (Wildman–Crippen MR) is 90.7 cm³/mol. The number of nitrogens with one attached hydrogen (secondary N) is 1. The van der Waals surface area contributed by atoms with E-state index in [4.69, 9.17) is 0 Å². The number of aromatic amines is 1. The third kappa shape index (κ3) is 2.75. The fourth-order valence-corrected chi connectivity index (χ4v) is 3.33. The number of imidazole rings is 1. The zero-order valence-corrected chi connectivity index (χ0v) is 13.6. The van der Waals surface area contributed by atoms with E-state index in [0.29, 0.717) is 12.1 Å². The molecule has 1 saturated heterocycles. The Labute approximate surface area is 140 Å². The summed E-state index contributed by atoms with van der Waals surface area (Å²) in [6.45, 7) is 3.43. The molecular weight excluding hydrogens is 302 g/mol. The SMILES string of the molecule is Cc1cncc(C2CCCN(C(=O)c3ccc4nc[nH]c4c3)C2)n1. The molecule has 3 heterocycles. The van der Waals surface area contributed by atoms with Gasteiger partial charge in [-0.3, -0.25) is 14.8 Å². The molecule has 24 heavy (non-hydrogen) atoms. The molecule has 0 saturated carbocycles. The van der Waals surface area contributed by atoms with Crippen LogP contribution in [-0.2, 0) is 0 Å². The van der Waals surface area contributed by atoms with Crippen LogP contribution in [0.3, 0.4) is 0 Å². The van der Waals surface area contributed by atoms with Crippen LogP contribution in [0.15, 0.2) is 36.9 Å². The molecule has 1 aromatic carbocycles. The van der Waals surface area contributed by atoms with Gasteiger partial charge in [-0.15, -0.1) is 0 Å². The molecule has 0 bridgehead atoms. The summed E-state index contributed by atoms with van der Waals surface area (Å²) in [5.74, 6) is 0.322. The Morgan fingerprint density at radius 3 is 3.12 bits per heavy atom. The van der Waals surface area contributed by atoms with Crippen LogP contribution in [0.5, 0.6) is 0 Å². The van der Waals surface area contributed by atoms with Crippen LogP contribution in [0, 0.1) is 6.92 Å². The lowest BCUT2D eigenvalue weighted by Crippen LogP contribution is -2.39. The molecule has 1 aliphatic rings. The lowest BCUT2D eigenvalue weighted by Gasteiger charge is -2.32. The van der Waals surface area contributed by atoms with Crippen molar-refractivity contribution >= 4 is 16.9 Å². The van der Waals surface area contributed by atoms with Crippen molar-refractivity contribution in [1.82, 2.24) is 24.8 Å². The standard InChI is InChI=1S/C18H19N5O/c1-12-8-19-9-17(22-12)14-3-2-6-23(10-14)18(24)13-4-5-15-16(7-13)21-11-20-15/h4-5,7-9,11,14H,2-3,6,10H2,1H3,(H,20,21). The van der Waals surface area contributed by atoms with Crippen LogP contribution in [-0.4, -0.2) is 43.8 Å². The minimum absolute atomic E-state index is 0.0665. The second-order valence-corrected chi connectivity index (χ2v) is 6.31. The predicted octanol–water partition coefficient (Wildman–Crippen LogP) is 2.68. The molecule has 1 aliphatic heterocycles. The lowest BCUT2D eigenvalue weighted by molar-refractivity contribution is 0.0706. The summed E-state index contributed by atoms with van der Waals surface area (Å²) in [7, 11) is 0. The van der Waals surface area contributed by atoms with E-state index in [0.717, 1.165) is 41.8 Å². The number of aryl methyl sites for hydroxylation is 1. The number of piperidine rings is 1. The number of aromatic nitrogens is 4. The Kier molecular flexibility index (Phi) is 3.72. The molecule has 0 aliphatic carbocycles. The van der Waals surface area contributed by atoms with Gasteiger partial charge >= 0.3 is 0 Å². The van der Waals surface area contributed by atoms with E-state index in [-0.39, 0.29) is 11.8 Å². The first-order valence-corrected chi connectivity index (χ1v) is 8.21. The lowest BCUT2D eigenvalue weighted by atomic mass is 9.94. The van der Waals surface area contributed by atoms with Gasteiger partial charge in [0.25, 0.3) is 5.91 Å². The van der Waals surface area contributed by atoms with Gasteiger partial charge < -0.3 is 9.88 Å². The number of hydrogen-bond acceptors (Lipinski definition) is 4. The molecule has 0 radical (unpaired) electrons. The molecule has 6 nitrogen and oxygen atoms in total. The molecule has 0 spiro atoms. The maximum atomic E-state index is 12.9. The number of hydrogen-bond donors (Lipinski definition) is 1.